The minimum atomic E-state index is 0. The van der Waals surface area contributed by atoms with E-state index in [1.807, 2.05) is 66.7 Å². The van der Waals surface area contributed by atoms with Crippen molar-refractivity contribution >= 4 is 178 Å². The Bertz CT molecular complexity index is 6090. The average molecular weight is 1690 g/mol. The number of nitrogens with one attached hydrogen (secondary N) is 2. The summed E-state index contributed by atoms with van der Waals surface area (Å²) in [6.07, 6.45) is 0. The Labute approximate surface area is 695 Å². The lowest BCUT2D eigenvalue weighted by Crippen LogP contribution is -1.93. The quantitative estimate of drug-likeness (QED) is 0.0786. The van der Waals surface area contributed by atoms with Crippen LogP contribution >= 0.6 is 45.2 Å². The van der Waals surface area contributed by atoms with Gasteiger partial charge in [-0.15, -0.1) is 0 Å². The smallest absolute Gasteiger partial charge is 0.0991 e. The Kier molecular flexibility index (Phi) is 30.9. The number of para-hydroxylation sites is 8. The van der Waals surface area contributed by atoms with Crippen LogP contribution < -0.4 is 16.4 Å². The summed E-state index contributed by atoms with van der Waals surface area (Å²) in [6.45, 7) is 0. The van der Waals surface area contributed by atoms with E-state index in [-0.39, 0.29) is 61.4 Å². The van der Waals surface area contributed by atoms with E-state index in [4.69, 9.17) is 21.5 Å². The highest BCUT2D eigenvalue weighted by Crippen LogP contribution is 2.38. The first-order valence-corrected chi connectivity index (χ1v) is 36.3. The SMILES string of the molecule is C.C.C.C.C.C.Ic1ccc2c(c1)c1ccccc1n2-c1ccccc1.Ic1ccc2c(c1)c1ccccc1n2-c1ccccc1.N#Cc1ccc(N)cc1.N#Cc1ccc(Nc2ccc3c(c2)c2ccccc2n3-c2ccccc2)cc1.N#Cc1ccc(Nc2ccc3c(c2)c2ccccc2n3-c2ccccc2)cc1.[B].[B]. The Hall–Kier alpha value is -13.0. The maximum atomic E-state index is 8.96. The molecule has 4 N–H and O–H groups in total. The second-order valence-corrected chi connectivity index (χ2v) is 27.4. The number of aromatic nitrogens is 4. The van der Waals surface area contributed by atoms with E-state index in [1.54, 1.807) is 24.3 Å². The molecule has 0 saturated heterocycles. The Morgan fingerprint density at radius 1 is 0.230 bits per heavy atom. The summed E-state index contributed by atoms with van der Waals surface area (Å²) in [6, 6.07) is 130. The third-order valence-electron chi connectivity index (χ3n) is 18.3. The van der Waals surface area contributed by atoms with Gasteiger partial charge in [0, 0.05) is 118 Å². The van der Waals surface area contributed by atoms with Crippen LogP contribution in [-0.4, -0.2) is 35.1 Å². The molecule has 0 amide bonds. The van der Waals surface area contributed by atoms with Crippen molar-refractivity contribution in [3.63, 3.8) is 0 Å². The average Bonchev–Trinajstić information content (AvgIpc) is 1.62. The zero-order valence-corrected chi connectivity index (χ0v) is 62.1. The lowest BCUT2D eigenvalue weighted by molar-refractivity contribution is 1.18. The van der Waals surface area contributed by atoms with E-state index < -0.39 is 0 Å². The number of nitriles is 3. The van der Waals surface area contributed by atoms with Gasteiger partial charge in [-0.05, 0) is 264 Å². The van der Waals surface area contributed by atoms with Gasteiger partial charge in [0.2, 0.25) is 0 Å². The number of benzene rings is 15. The molecule has 0 saturated carbocycles. The Morgan fingerprint density at radius 2 is 0.442 bits per heavy atom. The largest absolute Gasteiger partial charge is 0.399 e. The topological polar surface area (TPSA) is 141 Å². The Morgan fingerprint density at radius 3 is 0.708 bits per heavy atom. The number of fused-ring (bicyclic) bond motifs is 12. The van der Waals surface area contributed by atoms with E-state index in [9.17, 15) is 0 Å². The normalized spacial score (nSPS) is 10.0. The van der Waals surface area contributed by atoms with Crippen LogP contribution in [0.1, 0.15) is 61.3 Å². The number of rotatable bonds is 8. The van der Waals surface area contributed by atoms with E-state index in [2.05, 4.69) is 365 Å². The third kappa shape index (κ3) is 18.7. The van der Waals surface area contributed by atoms with Crippen molar-refractivity contribution in [1.82, 2.24) is 18.3 Å². The monoisotopic (exact) mass is 1690 g/mol. The molecule has 19 rings (SSSR count). The molecule has 10 nitrogen and oxygen atoms in total. The fourth-order valence-electron chi connectivity index (χ4n) is 13.6. The number of nitrogen functional groups attached to an aromatic ring is 1. The van der Waals surface area contributed by atoms with Crippen LogP contribution in [0.2, 0.25) is 0 Å². The van der Waals surface area contributed by atoms with Crippen molar-refractivity contribution in [2.75, 3.05) is 16.4 Å². The van der Waals surface area contributed by atoms with Crippen LogP contribution in [0.25, 0.3) is 110 Å². The molecule has 4 aromatic heterocycles. The molecule has 0 bridgehead atoms. The van der Waals surface area contributed by atoms with E-state index >= 15 is 0 Å². The second-order valence-electron chi connectivity index (χ2n) is 24.9. The molecule has 0 fully saturated rings. The number of nitrogens with two attached hydrogens (primary N) is 1. The maximum absolute atomic E-state index is 8.96. The molecule has 0 aliphatic rings. The first-order valence-electron chi connectivity index (χ1n) is 34.1. The van der Waals surface area contributed by atoms with Crippen molar-refractivity contribution < 1.29 is 0 Å². The van der Waals surface area contributed by atoms with Crippen molar-refractivity contribution in [2.24, 2.45) is 0 Å². The maximum Gasteiger partial charge on any atom is 0.0991 e. The van der Waals surface area contributed by atoms with Crippen molar-refractivity contribution in [2.45, 2.75) is 44.6 Å². The first-order chi connectivity index (χ1) is 51.7. The predicted molar refractivity (Wildman–Crippen MR) is 505 cm³/mol. The molecule has 0 aliphatic carbocycles. The summed E-state index contributed by atoms with van der Waals surface area (Å²) in [5.41, 5.74) is 26.5. The van der Waals surface area contributed by atoms with Gasteiger partial charge in [-0.2, -0.15) is 15.8 Å². The summed E-state index contributed by atoms with van der Waals surface area (Å²) < 4.78 is 11.8. The van der Waals surface area contributed by atoms with Gasteiger partial charge in [0.05, 0.1) is 79.0 Å². The molecule has 554 valence electrons. The molecule has 6 radical (unpaired) electrons. The van der Waals surface area contributed by atoms with Crippen molar-refractivity contribution in [1.29, 1.82) is 15.8 Å². The van der Waals surface area contributed by atoms with Crippen LogP contribution in [-0.2, 0) is 0 Å². The predicted octanol–water partition coefficient (Wildman–Crippen LogP) is 27.8. The molecular formula is C99H88B2I2N10. The van der Waals surface area contributed by atoms with Gasteiger partial charge in [0.15, 0.2) is 0 Å². The third-order valence-corrected chi connectivity index (χ3v) is 19.7. The lowest BCUT2D eigenvalue weighted by Gasteiger charge is -2.09. The van der Waals surface area contributed by atoms with Crippen LogP contribution in [0.3, 0.4) is 0 Å². The van der Waals surface area contributed by atoms with Crippen molar-refractivity contribution in [3.8, 4) is 41.0 Å². The van der Waals surface area contributed by atoms with Crippen LogP contribution in [0.15, 0.2) is 364 Å². The van der Waals surface area contributed by atoms with E-state index in [0.29, 0.717) is 22.4 Å². The molecule has 15 aromatic carbocycles. The summed E-state index contributed by atoms with van der Waals surface area (Å²) in [7, 11) is 0. The number of nitrogens with zero attached hydrogens (tertiary/aromatic N) is 7. The highest BCUT2D eigenvalue weighted by Gasteiger charge is 2.17. The molecule has 0 atom stereocenters. The highest BCUT2D eigenvalue weighted by molar-refractivity contribution is 14.1. The van der Waals surface area contributed by atoms with E-state index in [0.717, 1.165) is 34.1 Å². The molecule has 0 aliphatic heterocycles. The molecule has 14 heteroatoms. The number of hydrogen-bond acceptors (Lipinski definition) is 6. The van der Waals surface area contributed by atoms with E-state index in [1.165, 1.54) is 106 Å². The van der Waals surface area contributed by atoms with Crippen LogP contribution in [0, 0.1) is 41.1 Å². The molecule has 19 aromatic rings. The van der Waals surface area contributed by atoms with Gasteiger partial charge < -0.3 is 34.6 Å². The van der Waals surface area contributed by atoms with Gasteiger partial charge in [-0.1, -0.05) is 190 Å². The number of anilines is 5. The summed E-state index contributed by atoms with van der Waals surface area (Å²) >= 11 is 4.75. The molecule has 0 unspecified atom stereocenters. The number of halogens is 2. The van der Waals surface area contributed by atoms with Gasteiger partial charge in [-0.3, -0.25) is 0 Å². The number of hydrogen-bond donors (Lipinski definition) is 3. The van der Waals surface area contributed by atoms with Gasteiger partial charge in [0.25, 0.3) is 0 Å². The van der Waals surface area contributed by atoms with Gasteiger partial charge in [-0.25, -0.2) is 0 Å². The second kappa shape index (κ2) is 40.1. The van der Waals surface area contributed by atoms with Gasteiger partial charge in [0.1, 0.15) is 0 Å². The molecule has 113 heavy (non-hydrogen) atoms. The minimum Gasteiger partial charge on any atom is -0.399 e. The fraction of sp³-hybridized carbons (Fsp3) is 0.0606. The van der Waals surface area contributed by atoms with Crippen molar-refractivity contribution in [3.05, 3.63) is 388 Å². The standard InChI is InChI=1S/2C25H17N3.2C18H12IN.C7H6N2.6CH4.2B/c2*26-17-18-10-12-19(13-11-18)27-20-14-15-25-23(16-20)22-8-4-5-9-24(22)28(25)21-6-2-1-3-7-21;2*19-13-10-11-18-16(12-13)15-8-4-5-9-17(15)20(18)14-6-2-1-3-7-14;8-5-6-1-3-7(9)4-2-6;;;;;;;;/h2*1-16,27H;2*1-12H;1-4H,9H2;6*1H4;;. The molecule has 4 heterocycles. The molecular weight excluding hydrogens is 1600 g/mol. The van der Waals surface area contributed by atoms with Crippen LogP contribution in [0.5, 0.6) is 0 Å². The van der Waals surface area contributed by atoms with Gasteiger partial charge >= 0.3 is 0 Å². The highest BCUT2D eigenvalue weighted by atomic mass is 127. The lowest BCUT2D eigenvalue weighted by atomic mass is 10.1. The zero-order chi connectivity index (χ0) is 71.6. The fourth-order valence-corrected chi connectivity index (χ4v) is 14.5. The minimum absolute atomic E-state index is 0. The molecule has 0 spiro atoms. The zero-order valence-electron chi connectivity index (χ0n) is 57.8. The van der Waals surface area contributed by atoms with Crippen LogP contribution in [0.4, 0.5) is 28.4 Å². The summed E-state index contributed by atoms with van der Waals surface area (Å²) in [4.78, 5) is 0. The summed E-state index contributed by atoms with van der Waals surface area (Å²) in [5.74, 6) is 0. The summed E-state index contributed by atoms with van der Waals surface area (Å²) in [5, 5.41) is 43.3. The first kappa shape index (κ1) is 87.2. The Balaban J connectivity index is 0.000000198.